The molecule has 0 aromatic carbocycles. The number of halogens is 1. The number of nitrogens with zero attached hydrogens (tertiary/aromatic N) is 1. The van der Waals surface area contributed by atoms with Crippen molar-refractivity contribution in [1.29, 1.82) is 0 Å². The fourth-order valence-corrected chi connectivity index (χ4v) is 1.01. The van der Waals surface area contributed by atoms with Gasteiger partial charge in [0.1, 0.15) is 0 Å². The smallest absolute Gasteiger partial charge is 0.324 e. The molecule has 6 heteroatoms. The third kappa shape index (κ3) is 1.82. The predicted molar refractivity (Wildman–Crippen MR) is 43.9 cm³/mol. The Morgan fingerprint density at radius 3 is 2.67 bits per heavy atom. The van der Waals surface area contributed by atoms with Crippen molar-refractivity contribution in [2.45, 2.75) is 0 Å². The van der Waals surface area contributed by atoms with Gasteiger partial charge >= 0.3 is 6.03 Å². The lowest BCUT2D eigenvalue weighted by Gasteiger charge is -2.09. The largest absolute Gasteiger partial charge is 0.329 e. The maximum absolute atomic E-state index is 10.9. The molecule has 0 aromatic heterocycles. The number of rotatable bonds is 3. The van der Waals surface area contributed by atoms with Crippen LogP contribution in [0.5, 0.6) is 0 Å². The highest BCUT2D eigenvalue weighted by Gasteiger charge is 2.29. The molecule has 3 amide bonds. The van der Waals surface area contributed by atoms with Crippen LogP contribution >= 0.6 is 15.9 Å². The molecule has 0 atom stereocenters. The van der Waals surface area contributed by atoms with Crippen LogP contribution in [0.4, 0.5) is 4.79 Å². The summed E-state index contributed by atoms with van der Waals surface area (Å²) in [5.74, 6) is -0.547. The lowest BCUT2D eigenvalue weighted by atomic mass is 10.4. The lowest BCUT2D eigenvalue weighted by molar-refractivity contribution is -0.128. The van der Waals surface area contributed by atoms with Crippen LogP contribution in [0, 0.1) is 0 Å². The average molecular weight is 235 g/mol. The number of amides is 3. The standard InChI is InChI=1S/C6H7BrN2O3/c7-1-4(10)3-9-5(11)2-8-6(9)12/h1-3H2,(H,8,12). The Morgan fingerprint density at radius 1 is 1.58 bits per heavy atom. The molecule has 1 saturated heterocycles. The molecule has 12 heavy (non-hydrogen) atoms. The molecule has 1 aliphatic heterocycles. The molecule has 5 nitrogen and oxygen atoms in total. The fraction of sp³-hybridized carbons (Fsp3) is 0.500. The van der Waals surface area contributed by atoms with Gasteiger partial charge in [-0.15, -0.1) is 0 Å². The molecule has 1 fully saturated rings. The van der Waals surface area contributed by atoms with E-state index in [2.05, 4.69) is 21.2 Å². The van der Waals surface area contributed by atoms with E-state index in [1.54, 1.807) is 0 Å². The lowest BCUT2D eigenvalue weighted by Crippen LogP contribution is -2.36. The van der Waals surface area contributed by atoms with E-state index in [4.69, 9.17) is 0 Å². The zero-order valence-corrected chi connectivity index (χ0v) is 7.76. The molecule has 0 aliphatic carbocycles. The van der Waals surface area contributed by atoms with E-state index < -0.39 is 6.03 Å². The van der Waals surface area contributed by atoms with Crippen LogP contribution in [0.15, 0.2) is 0 Å². The van der Waals surface area contributed by atoms with Crippen molar-refractivity contribution >= 4 is 33.7 Å². The molecule has 0 bridgehead atoms. The van der Waals surface area contributed by atoms with E-state index in [9.17, 15) is 14.4 Å². The van der Waals surface area contributed by atoms with Crippen LogP contribution in [0.2, 0.25) is 0 Å². The summed E-state index contributed by atoms with van der Waals surface area (Å²) in [4.78, 5) is 33.5. The molecule has 0 spiro atoms. The van der Waals surface area contributed by atoms with Crippen molar-refractivity contribution in [1.82, 2.24) is 10.2 Å². The topological polar surface area (TPSA) is 66.5 Å². The minimum Gasteiger partial charge on any atom is -0.329 e. The van der Waals surface area contributed by atoms with Crippen molar-refractivity contribution in [2.24, 2.45) is 0 Å². The molecular formula is C6H7BrN2O3. The zero-order valence-electron chi connectivity index (χ0n) is 6.17. The molecular weight excluding hydrogens is 228 g/mol. The van der Waals surface area contributed by atoms with Crippen LogP contribution < -0.4 is 5.32 Å². The molecule has 66 valence electrons. The average Bonchev–Trinajstić information content (AvgIpc) is 2.35. The second kappa shape index (κ2) is 3.66. The first-order chi connectivity index (χ1) is 5.65. The molecule has 1 aliphatic rings. The molecule has 1 N–H and O–H groups in total. The van der Waals surface area contributed by atoms with Crippen LogP contribution in [-0.4, -0.2) is 41.0 Å². The monoisotopic (exact) mass is 234 g/mol. The van der Waals surface area contributed by atoms with Gasteiger partial charge in [-0.2, -0.15) is 0 Å². The Labute approximate surface area is 77.2 Å². The third-order valence-electron chi connectivity index (χ3n) is 1.42. The summed E-state index contributed by atoms with van der Waals surface area (Å²) >= 11 is 2.94. The second-order valence-electron chi connectivity index (χ2n) is 2.31. The molecule has 0 aromatic rings. The summed E-state index contributed by atoms with van der Waals surface area (Å²) in [7, 11) is 0. The van der Waals surface area contributed by atoms with E-state index in [-0.39, 0.29) is 30.1 Å². The Hall–Kier alpha value is -0.910. The molecule has 0 saturated carbocycles. The van der Waals surface area contributed by atoms with Gasteiger partial charge in [0.2, 0.25) is 5.91 Å². The fourth-order valence-electron chi connectivity index (χ4n) is 0.834. The van der Waals surface area contributed by atoms with E-state index in [1.807, 2.05) is 0 Å². The molecule has 1 heterocycles. The van der Waals surface area contributed by atoms with E-state index in [0.29, 0.717) is 0 Å². The van der Waals surface area contributed by atoms with Gasteiger partial charge in [0.05, 0.1) is 18.4 Å². The Morgan fingerprint density at radius 2 is 2.25 bits per heavy atom. The van der Waals surface area contributed by atoms with E-state index in [0.717, 1.165) is 4.90 Å². The van der Waals surface area contributed by atoms with Crippen LogP contribution in [0.1, 0.15) is 0 Å². The minimum atomic E-state index is -0.491. The van der Waals surface area contributed by atoms with Gasteiger partial charge in [-0.05, 0) is 0 Å². The Kier molecular flexibility index (Phi) is 2.80. The summed E-state index contributed by atoms with van der Waals surface area (Å²) in [6.45, 7) is -0.148. The molecule has 1 rings (SSSR count). The zero-order chi connectivity index (χ0) is 9.14. The van der Waals surface area contributed by atoms with E-state index >= 15 is 0 Å². The van der Waals surface area contributed by atoms with Gasteiger partial charge < -0.3 is 5.32 Å². The summed E-state index contributed by atoms with van der Waals surface area (Å²) in [5, 5.41) is 2.48. The first-order valence-electron chi connectivity index (χ1n) is 3.31. The maximum atomic E-state index is 10.9. The van der Waals surface area contributed by atoms with Crippen molar-refractivity contribution in [3.8, 4) is 0 Å². The van der Waals surface area contributed by atoms with Gasteiger partial charge in [-0.1, -0.05) is 15.9 Å². The number of nitrogens with one attached hydrogen (secondary N) is 1. The summed E-state index contributed by atoms with van der Waals surface area (Å²) in [5.41, 5.74) is 0. The minimum absolute atomic E-state index is 0.00556. The van der Waals surface area contributed by atoms with Crippen molar-refractivity contribution in [3.63, 3.8) is 0 Å². The summed E-state index contributed by atoms with van der Waals surface area (Å²) in [6.07, 6.45) is 0. The van der Waals surface area contributed by atoms with Crippen molar-refractivity contribution < 1.29 is 14.4 Å². The quantitative estimate of drug-likeness (QED) is 0.529. The predicted octanol–water partition coefficient (Wildman–Crippen LogP) is -0.498. The molecule has 0 unspecified atom stereocenters. The van der Waals surface area contributed by atoms with Gasteiger partial charge in [0.15, 0.2) is 5.78 Å². The summed E-state index contributed by atoms with van der Waals surface area (Å²) < 4.78 is 0. The normalized spacial score (nSPS) is 16.6. The van der Waals surface area contributed by atoms with Crippen LogP contribution in [-0.2, 0) is 9.59 Å². The first kappa shape index (κ1) is 9.18. The number of carbonyl (C=O) groups is 3. The Bertz CT molecular complexity index is 225. The van der Waals surface area contributed by atoms with Gasteiger partial charge in [-0.25, -0.2) is 4.79 Å². The maximum Gasteiger partial charge on any atom is 0.324 e. The highest BCUT2D eigenvalue weighted by molar-refractivity contribution is 9.09. The first-order valence-corrected chi connectivity index (χ1v) is 4.43. The SMILES string of the molecule is O=C(CBr)CN1C(=O)CNC1=O. The Balaban J connectivity index is 2.56. The highest BCUT2D eigenvalue weighted by atomic mass is 79.9. The van der Waals surface area contributed by atoms with Crippen LogP contribution in [0.3, 0.4) is 0 Å². The van der Waals surface area contributed by atoms with Gasteiger partial charge in [0, 0.05) is 0 Å². The molecule has 0 radical (unpaired) electrons. The summed E-state index contributed by atoms with van der Waals surface area (Å²) in [6, 6.07) is -0.491. The van der Waals surface area contributed by atoms with Crippen molar-refractivity contribution in [3.05, 3.63) is 0 Å². The van der Waals surface area contributed by atoms with Gasteiger partial charge in [-0.3, -0.25) is 14.5 Å². The number of urea groups is 1. The van der Waals surface area contributed by atoms with E-state index in [1.165, 1.54) is 0 Å². The number of hydrogen-bond donors (Lipinski definition) is 1. The van der Waals surface area contributed by atoms with Crippen molar-refractivity contribution in [2.75, 3.05) is 18.4 Å². The second-order valence-corrected chi connectivity index (χ2v) is 2.87. The highest BCUT2D eigenvalue weighted by Crippen LogP contribution is 1.99. The van der Waals surface area contributed by atoms with Gasteiger partial charge in [0.25, 0.3) is 0 Å². The van der Waals surface area contributed by atoms with Crippen LogP contribution in [0.25, 0.3) is 0 Å². The third-order valence-corrected chi connectivity index (χ3v) is 2.05. The number of ketones is 1. The number of hydrogen-bond acceptors (Lipinski definition) is 3. The number of Topliss-reactive ketones (excluding diaryl/α,β-unsaturated/α-hetero) is 1. The number of imide groups is 1. The number of carbonyl (C=O) groups excluding carboxylic acids is 3. The number of alkyl halides is 1.